The van der Waals surface area contributed by atoms with E-state index >= 15 is 0 Å². The van der Waals surface area contributed by atoms with E-state index in [1.165, 1.54) is 0 Å². The van der Waals surface area contributed by atoms with E-state index in [9.17, 15) is 4.79 Å². The molecule has 1 amide bonds. The number of amides is 1. The van der Waals surface area contributed by atoms with E-state index in [1.807, 2.05) is 62.4 Å². The normalized spacial score (nSPS) is 17.7. The number of carbonyl (C=O) groups is 1. The van der Waals surface area contributed by atoms with Crippen LogP contribution in [0.25, 0.3) is 0 Å². The number of rotatable bonds is 6. The number of para-hydroxylation sites is 1. The van der Waals surface area contributed by atoms with Gasteiger partial charge in [-0.15, -0.1) is 0 Å². The molecule has 0 aromatic heterocycles. The maximum absolute atomic E-state index is 12.9. The van der Waals surface area contributed by atoms with E-state index in [-0.39, 0.29) is 23.7 Å². The second-order valence-corrected chi connectivity index (χ2v) is 7.45. The largest absolute Gasteiger partial charge is 0.491 e. The van der Waals surface area contributed by atoms with E-state index in [4.69, 9.17) is 9.47 Å². The monoisotopic (exact) mass is 367 g/mol. The van der Waals surface area contributed by atoms with Crippen molar-refractivity contribution >= 4 is 5.91 Å². The summed E-state index contributed by atoms with van der Waals surface area (Å²) in [6, 6.07) is 15.2. The third-order valence-electron chi connectivity index (χ3n) is 5.28. The van der Waals surface area contributed by atoms with Crippen molar-refractivity contribution < 1.29 is 14.3 Å². The number of hydrogen-bond acceptors (Lipinski definition) is 3. The number of benzene rings is 2. The maximum Gasteiger partial charge on any atom is 0.251 e. The molecule has 0 aliphatic carbocycles. The molecule has 0 unspecified atom stereocenters. The molecular weight excluding hydrogens is 338 g/mol. The number of hydrogen-bond donors (Lipinski definition) is 1. The summed E-state index contributed by atoms with van der Waals surface area (Å²) < 4.78 is 12.0. The standard InChI is InChI=1S/C23H29NO3/c1-5-23(6-2)15-20(19-9-7-8-10-21(19)27-23)24-22(25)17-11-13-18(14-12-17)26-16(3)4/h7-14,16,20H,5-6,15H2,1-4H3,(H,24,25)/t20-/m1/s1. The van der Waals surface area contributed by atoms with Gasteiger partial charge >= 0.3 is 0 Å². The van der Waals surface area contributed by atoms with Crippen LogP contribution in [0.1, 0.15) is 68.9 Å². The van der Waals surface area contributed by atoms with Crippen molar-refractivity contribution in [3.63, 3.8) is 0 Å². The van der Waals surface area contributed by atoms with Crippen molar-refractivity contribution in [2.24, 2.45) is 0 Å². The summed E-state index contributed by atoms with van der Waals surface area (Å²) in [7, 11) is 0. The van der Waals surface area contributed by atoms with Crippen molar-refractivity contribution in [2.45, 2.75) is 64.7 Å². The molecule has 2 aromatic carbocycles. The Labute approximate surface area is 161 Å². The van der Waals surface area contributed by atoms with Gasteiger partial charge in [0.05, 0.1) is 12.1 Å². The third-order valence-corrected chi connectivity index (χ3v) is 5.28. The Morgan fingerprint density at radius 3 is 2.44 bits per heavy atom. The topological polar surface area (TPSA) is 47.6 Å². The van der Waals surface area contributed by atoms with Crippen LogP contribution >= 0.6 is 0 Å². The molecule has 4 heteroatoms. The molecule has 27 heavy (non-hydrogen) atoms. The van der Waals surface area contributed by atoms with Crippen molar-refractivity contribution in [1.29, 1.82) is 0 Å². The highest BCUT2D eigenvalue weighted by molar-refractivity contribution is 5.94. The van der Waals surface area contributed by atoms with Gasteiger partial charge in [-0.2, -0.15) is 0 Å². The second kappa shape index (κ2) is 8.03. The zero-order valence-electron chi connectivity index (χ0n) is 16.6. The summed E-state index contributed by atoms with van der Waals surface area (Å²) in [5.41, 5.74) is 1.44. The van der Waals surface area contributed by atoms with Crippen molar-refractivity contribution in [2.75, 3.05) is 0 Å². The minimum atomic E-state index is -0.235. The minimum Gasteiger partial charge on any atom is -0.491 e. The highest BCUT2D eigenvalue weighted by Crippen LogP contribution is 2.42. The molecule has 1 atom stereocenters. The van der Waals surface area contributed by atoms with Crippen LogP contribution in [0.2, 0.25) is 0 Å². The Balaban J connectivity index is 1.80. The summed E-state index contributed by atoms with van der Waals surface area (Å²) in [6.45, 7) is 8.25. The molecule has 1 aliphatic heterocycles. The van der Waals surface area contributed by atoms with Gasteiger partial charge in [0.2, 0.25) is 0 Å². The van der Waals surface area contributed by atoms with Gasteiger partial charge in [-0.25, -0.2) is 0 Å². The molecule has 144 valence electrons. The zero-order valence-corrected chi connectivity index (χ0v) is 16.6. The van der Waals surface area contributed by atoms with Crippen LogP contribution in [0.4, 0.5) is 0 Å². The van der Waals surface area contributed by atoms with Gasteiger partial charge in [0.15, 0.2) is 0 Å². The van der Waals surface area contributed by atoms with Crippen molar-refractivity contribution in [1.82, 2.24) is 5.32 Å². The molecule has 2 aromatic rings. The summed E-state index contributed by atoms with van der Waals surface area (Å²) in [5, 5.41) is 3.22. The Morgan fingerprint density at radius 1 is 1.15 bits per heavy atom. The van der Waals surface area contributed by atoms with Crippen LogP contribution in [0.15, 0.2) is 48.5 Å². The number of nitrogens with one attached hydrogen (secondary N) is 1. The first-order valence-corrected chi connectivity index (χ1v) is 9.82. The van der Waals surface area contributed by atoms with Gasteiger partial charge in [-0.3, -0.25) is 4.79 Å². The van der Waals surface area contributed by atoms with Gasteiger partial charge in [0, 0.05) is 17.5 Å². The van der Waals surface area contributed by atoms with Gasteiger partial charge in [-0.1, -0.05) is 32.0 Å². The van der Waals surface area contributed by atoms with Crippen LogP contribution in [0.3, 0.4) is 0 Å². The Hall–Kier alpha value is -2.49. The highest BCUT2D eigenvalue weighted by atomic mass is 16.5. The van der Waals surface area contributed by atoms with Gasteiger partial charge < -0.3 is 14.8 Å². The number of fused-ring (bicyclic) bond motifs is 1. The highest BCUT2D eigenvalue weighted by Gasteiger charge is 2.38. The average molecular weight is 367 g/mol. The molecule has 0 radical (unpaired) electrons. The van der Waals surface area contributed by atoms with Gasteiger partial charge in [0.25, 0.3) is 5.91 Å². The van der Waals surface area contributed by atoms with Crippen molar-refractivity contribution in [3.8, 4) is 11.5 Å². The predicted octanol–water partition coefficient (Wildman–Crippen LogP) is 5.29. The first-order valence-electron chi connectivity index (χ1n) is 9.82. The SMILES string of the molecule is CCC1(CC)C[C@@H](NC(=O)c2ccc(OC(C)C)cc2)c2ccccc2O1. The second-order valence-electron chi connectivity index (χ2n) is 7.45. The number of ether oxygens (including phenoxy) is 2. The zero-order chi connectivity index (χ0) is 19.4. The van der Waals surface area contributed by atoms with E-state index in [0.29, 0.717) is 5.56 Å². The molecule has 1 N–H and O–H groups in total. The van der Waals surface area contributed by atoms with Crippen LogP contribution in [-0.4, -0.2) is 17.6 Å². The molecule has 0 saturated carbocycles. The lowest BCUT2D eigenvalue weighted by Crippen LogP contribution is -2.44. The molecular formula is C23H29NO3. The van der Waals surface area contributed by atoms with E-state index < -0.39 is 0 Å². The summed E-state index contributed by atoms with van der Waals surface area (Å²) in [4.78, 5) is 12.9. The third kappa shape index (κ3) is 4.26. The quantitative estimate of drug-likeness (QED) is 0.755. The molecule has 1 aliphatic rings. The fourth-order valence-corrected chi connectivity index (χ4v) is 3.63. The summed E-state index contributed by atoms with van der Waals surface area (Å²) >= 11 is 0. The minimum absolute atomic E-state index is 0.0612. The van der Waals surface area contributed by atoms with Crippen molar-refractivity contribution in [3.05, 3.63) is 59.7 Å². The molecule has 0 fully saturated rings. The van der Waals surface area contributed by atoms with Crippen LogP contribution in [-0.2, 0) is 0 Å². The van der Waals surface area contributed by atoms with Crippen LogP contribution in [0, 0.1) is 0 Å². The molecule has 1 heterocycles. The lowest BCUT2D eigenvalue weighted by molar-refractivity contribution is 0.0227. The first-order chi connectivity index (χ1) is 13.0. The molecule has 3 rings (SSSR count). The first kappa shape index (κ1) is 19.3. The van der Waals surface area contributed by atoms with Crippen LogP contribution in [0.5, 0.6) is 11.5 Å². The lowest BCUT2D eigenvalue weighted by Gasteiger charge is -2.41. The fourth-order valence-electron chi connectivity index (χ4n) is 3.63. The summed E-state index contributed by atoms with van der Waals surface area (Å²) in [6.07, 6.45) is 2.70. The maximum atomic E-state index is 12.9. The predicted molar refractivity (Wildman–Crippen MR) is 107 cm³/mol. The average Bonchev–Trinajstić information content (AvgIpc) is 2.67. The molecule has 0 saturated heterocycles. The Bertz CT molecular complexity index is 778. The Morgan fingerprint density at radius 2 is 1.81 bits per heavy atom. The van der Waals surface area contributed by atoms with Gasteiger partial charge in [-0.05, 0) is 57.0 Å². The van der Waals surface area contributed by atoms with E-state index in [0.717, 1.165) is 36.3 Å². The molecule has 4 nitrogen and oxygen atoms in total. The lowest BCUT2D eigenvalue weighted by atomic mass is 9.83. The smallest absolute Gasteiger partial charge is 0.251 e. The molecule has 0 bridgehead atoms. The fraction of sp³-hybridized carbons (Fsp3) is 0.435. The van der Waals surface area contributed by atoms with E-state index in [1.54, 1.807) is 0 Å². The van der Waals surface area contributed by atoms with E-state index in [2.05, 4.69) is 19.2 Å². The Kier molecular flexibility index (Phi) is 5.73. The van der Waals surface area contributed by atoms with Crippen LogP contribution < -0.4 is 14.8 Å². The van der Waals surface area contributed by atoms with Gasteiger partial charge in [0.1, 0.15) is 17.1 Å². The summed E-state index contributed by atoms with van der Waals surface area (Å²) in [5.74, 6) is 1.57. The molecule has 0 spiro atoms. The number of carbonyl (C=O) groups excluding carboxylic acids is 1.